The molecular formula is C19H16N2O3S. The molecule has 0 spiro atoms. The van der Waals surface area contributed by atoms with Crippen LogP contribution in [-0.2, 0) is 4.79 Å². The highest BCUT2D eigenvalue weighted by Crippen LogP contribution is 2.33. The van der Waals surface area contributed by atoms with Crippen molar-refractivity contribution in [3.8, 4) is 11.5 Å². The molecule has 2 aliphatic heterocycles. The molecule has 4 rings (SSSR count). The molecule has 0 atom stereocenters. The number of nitrogens with zero attached hydrogens (tertiary/aromatic N) is 1. The zero-order chi connectivity index (χ0) is 17.2. The number of benzene rings is 2. The van der Waals surface area contributed by atoms with Gasteiger partial charge in [-0.3, -0.25) is 4.79 Å². The van der Waals surface area contributed by atoms with Crippen LogP contribution in [0.3, 0.4) is 0 Å². The molecule has 25 heavy (non-hydrogen) atoms. The van der Waals surface area contributed by atoms with Gasteiger partial charge in [0.05, 0.1) is 10.6 Å². The van der Waals surface area contributed by atoms with Gasteiger partial charge in [0.15, 0.2) is 16.7 Å². The highest BCUT2D eigenvalue weighted by Gasteiger charge is 2.24. The zero-order valence-corrected chi connectivity index (χ0v) is 14.4. The van der Waals surface area contributed by atoms with Crippen molar-refractivity contribution in [2.24, 2.45) is 4.99 Å². The number of amidine groups is 1. The number of thioether (sulfide) groups is 1. The lowest BCUT2D eigenvalue weighted by atomic mass is 10.2. The van der Waals surface area contributed by atoms with E-state index in [0.717, 1.165) is 22.6 Å². The van der Waals surface area contributed by atoms with E-state index in [4.69, 9.17) is 9.47 Å². The second-order valence-electron chi connectivity index (χ2n) is 5.67. The number of ether oxygens (including phenoxy) is 2. The van der Waals surface area contributed by atoms with Crippen LogP contribution in [0.25, 0.3) is 6.08 Å². The first kappa shape index (κ1) is 15.8. The summed E-state index contributed by atoms with van der Waals surface area (Å²) < 4.78 is 11.1. The van der Waals surface area contributed by atoms with Crippen LogP contribution < -0.4 is 14.8 Å². The molecule has 0 aromatic heterocycles. The first-order chi connectivity index (χ1) is 12.2. The van der Waals surface area contributed by atoms with Crippen LogP contribution in [0, 0.1) is 6.92 Å². The van der Waals surface area contributed by atoms with E-state index >= 15 is 0 Å². The van der Waals surface area contributed by atoms with Gasteiger partial charge in [-0.05, 0) is 54.1 Å². The van der Waals surface area contributed by atoms with Gasteiger partial charge in [-0.15, -0.1) is 0 Å². The summed E-state index contributed by atoms with van der Waals surface area (Å²) >= 11 is 1.33. The summed E-state index contributed by atoms with van der Waals surface area (Å²) in [7, 11) is 0. The van der Waals surface area contributed by atoms with Gasteiger partial charge in [0, 0.05) is 0 Å². The minimum Gasteiger partial charge on any atom is -0.486 e. The number of amides is 1. The minimum absolute atomic E-state index is 0.146. The molecule has 126 valence electrons. The predicted molar refractivity (Wildman–Crippen MR) is 99.4 cm³/mol. The summed E-state index contributed by atoms with van der Waals surface area (Å²) in [6.45, 7) is 3.09. The maximum atomic E-state index is 12.2. The first-order valence-electron chi connectivity index (χ1n) is 7.94. The summed E-state index contributed by atoms with van der Waals surface area (Å²) in [5, 5.41) is 3.40. The molecule has 2 aromatic carbocycles. The number of fused-ring (bicyclic) bond motifs is 1. The molecule has 2 heterocycles. The molecule has 0 radical (unpaired) electrons. The number of hydrogen-bond acceptors (Lipinski definition) is 5. The summed E-state index contributed by atoms with van der Waals surface area (Å²) in [6, 6.07) is 13.5. The van der Waals surface area contributed by atoms with Crippen molar-refractivity contribution in [3.63, 3.8) is 0 Å². The van der Waals surface area contributed by atoms with Crippen LogP contribution in [0.2, 0.25) is 0 Å². The van der Waals surface area contributed by atoms with Crippen molar-refractivity contribution >= 4 is 34.6 Å². The van der Waals surface area contributed by atoms with Crippen LogP contribution >= 0.6 is 11.8 Å². The van der Waals surface area contributed by atoms with Crippen molar-refractivity contribution in [3.05, 3.63) is 58.5 Å². The number of carbonyl (C=O) groups is 1. The molecule has 0 unspecified atom stereocenters. The molecule has 1 N–H and O–H groups in total. The Hall–Kier alpha value is -2.73. The van der Waals surface area contributed by atoms with E-state index in [1.54, 1.807) is 0 Å². The fraction of sp³-hybridized carbons (Fsp3) is 0.158. The Kier molecular flexibility index (Phi) is 4.19. The molecule has 1 amide bonds. The average molecular weight is 352 g/mol. The number of rotatable bonds is 2. The van der Waals surface area contributed by atoms with Crippen molar-refractivity contribution < 1.29 is 14.3 Å². The molecule has 0 aliphatic carbocycles. The molecule has 6 heteroatoms. The Morgan fingerprint density at radius 1 is 1.12 bits per heavy atom. The predicted octanol–water partition coefficient (Wildman–Crippen LogP) is 3.66. The van der Waals surface area contributed by atoms with Crippen molar-refractivity contribution in [2.75, 3.05) is 13.2 Å². The van der Waals surface area contributed by atoms with Gasteiger partial charge in [-0.1, -0.05) is 24.3 Å². The van der Waals surface area contributed by atoms with Gasteiger partial charge in [0.1, 0.15) is 13.2 Å². The highest BCUT2D eigenvalue weighted by atomic mass is 32.2. The van der Waals surface area contributed by atoms with Crippen LogP contribution in [0.15, 0.2) is 52.4 Å². The number of hydrogen-bond donors (Lipinski definition) is 1. The van der Waals surface area contributed by atoms with Crippen molar-refractivity contribution in [1.29, 1.82) is 0 Å². The highest BCUT2D eigenvalue weighted by molar-refractivity contribution is 8.18. The lowest BCUT2D eigenvalue weighted by Gasteiger charge is -2.18. The Morgan fingerprint density at radius 2 is 1.92 bits per heavy atom. The summed E-state index contributed by atoms with van der Waals surface area (Å²) in [4.78, 5) is 17.3. The largest absolute Gasteiger partial charge is 0.486 e. The van der Waals surface area contributed by atoms with E-state index in [-0.39, 0.29) is 5.91 Å². The van der Waals surface area contributed by atoms with Crippen molar-refractivity contribution in [1.82, 2.24) is 5.32 Å². The zero-order valence-electron chi connectivity index (χ0n) is 13.6. The molecule has 1 fully saturated rings. The Labute approximate surface area is 149 Å². The fourth-order valence-corrected chi connectivity index (χ4v) is 3.41. The smallest absolute Gasteiger partial charge is 0.264 e. The molecule has 5 nitrogen and oxygen atoms in total. The van der Waals surface area contributed by atoms with Gasteiger partial charge in [-0.2, -0.15) is 0 Å². The van der Waals surface area contributed by atoms with Crippen LogP contribution in [0.1, 0.15) is 11.1 Å². The fourth-order valence-electron chi connectivity index (χ4n) is 2.58. The monoisotopic (exact) mass is 352 g/mol. The molecule has 0 saturated carbocycles. The average Bonchev–Trinajstić information content (AvgIpc) is 2.96. The van der Waals surface area contributed by atoms with Gasteiger partial charge < -0.3 is 14.8 Å². The topological polar surface area (TPSA) is 59.9 Å². The van der Waals surface area contributed by atoms with Crippen molar-refractivity contribution in [2.45, 2.75) is 6.92 Å². The number of nitrogens with one attached hydrogen (secondary N) is 1. The number of para-hydroxylation sites is 1. The van der Waals surface area contributed by atoms with E-state index in [9.17, 15) is 4.79 Å². The summed E-state index contributed by atoms with van der Waals surface area (Å²) in [5.74, 6) is 1.30. The van der Waals surface area contributed by atoms with E-state index < -0.39 is 0 Å². The Bertz CT molecular complexity index is 905. The molecule has 2 aliphatic rings. The summed E-state index contributed by atoms with van der Waals surface area (Å²) in [5.41, 5.74) is 2.80. The molecule has 1 saturated heterocycles. The lowest BCUT2D eigenvalue weighted by Crippen LogP contribution is -2.19. The van der Waals surface area contributed by atoms with Crippen LogP contribution in [-0.4, -0.2) is 24.3 Å². The number of aryl methyl sites for hydroxylation is 1. The normalized spacial score (nSPS) is 19.3. The second kappa shape index (κ2) is 6.64. The SMILES string of the molecule is Cc1ccccc1N=C1NC(=O)/C(=C\c2ccc3c(c2)OCCO3)S1. The van der Waals surface area contributed by atoms with E-state index in [2.05, 4.69) is 10.3 Å². The van der Waals surface area contributed by atoms with Gasteiger partial charge >= 0.3 is 0 Å². The number of aliphatic imine (C=N–C) groups is 1. The minimum atomic E-state index is -0.146. The summed E-state index contributed by atoms with van der Waals surface area (Å²) in [6.07, 6.45) is 1.83. The second-order valence-corrected chi connectivity index (χ2v) is 6.70. The molecule has 2 aromatic rings. The van der Waals surface area contributed by atoms with Gasteiger partial charge in [-0.25, -0.2) is 4.99 Å². The van der Waals surface area contributed by atoms with E-state index in [1.807, 2.05) is 55.5 Å². The molecular weight excluding hydrogens is 336 g/mol. The third-order valence-corrected chi connectivity index (χ3v) is 4.76. The molecule has 0 bridgehead atoms. The standard InChI is InChI=1S/C19H16N2O3S/c1-12-4-2-3-5-14(12)20-19-21-18(22)17(25-19)11-13-6-7-15-16(10-13)24-9-8-23-15/h2-7,10-11H,8-9H2,1H3,(H,20,21,22)/b17-11+. The maximum Gasteiger partial charge on any atom is 0.264 e. The maximum absolute atomic E-state index is 12.2. The van der Waals surface area contributed by atoms with Gasteiger partial charge in [0.25, 0.3) is 5.91 Å². The van der Waals surface area contributed by atoms with Crippen LogP contribution in [0.4, 0.5) is 5.69 Å². The number of carbonyl (C=O) groups excluding carboxylic acids is 1. The lowest BCUT2D eigenvalue weighted by molar-refractivity contribution is -0.115. The Balaban J connectivity index is 1.58. The third-order valence-electron chi connectivity index (χ3n) is 3.85. The first-order valence-corrected chi connectivity index (χ1v) is 8.75. The van der Waals surface area contributed by atoms with E-state index in [1.165, 1.54) is 11.8 Å². The quantitative estimate of drug-likeness (QED) is 0.838. The Morgan fingerprint density at radius 3 is 2.76 bits per heavy atom. The third kappa shape index (κ3) is 3.39. The van der Waals surface area contributed by atoms with Gasteiger partial charge in [0.2, 0.25) is 0 Å². The van der Waals surface area contributed by atoms with E-state index in [0.29, 0.717) is 29.0 Å². The van der Waals surface area contributed by atoms with Crippen LogP contribution in [0.5, 0.6) is 11.5 Å².